The molecule has 0 spiro atoms. The van der Waals surface area contributed by atoms with Gasteiger partial charge in [0.2, 0.25) is 0 Å². The number of allylic oxidation sites excluding steroid dienone is 1. The first-order valence-corrected chi connectivity index (χ1v) is 12.9. The Balaban J connectivity index is 1.85. The van der Waals surface area contributed by atoms with Gasteiger partial charge in [0.1, 0.15) is 0 Å². The predicted molar refractivity (Wildman–Crippen MR) is 142 cm³/mol. The molecular weight excluding hydrogens is 562 g/mol. The van der Waals surface area contributed by atoms with Crippen LogP contribution in [0.5, 0.6) is 11.5 Å². The predicted octanol–water partition coefficient (Wildman–Crippen LogP) is 2.43. The first-order valence-electron chi connectivity index (χ1n) is 11.3. The van der Waals surface area contributed by atoms with Crippen molar-refractivity contribution in [3.8, 4) is 11.5 Å². The summed E-state index contributed by atoms with van der Waals surface area (Å²) < 4.78 is 18.9. The van der Waals surface area contributed by atoms with E-state index in [-0.39, 0.29) is 18.8 Å². The van der Waals surface area contributed by atoms with Crippen LogP contribution >= 0.6 is 27.3 Å². The summed E-state index contributed by atoms with van der Waals surface area (Å²) in [7, 11) is 1.47. The van der Waals surface area contributed by atoms with Crippen LogP contribution in [0.4, 0.5) is 0 Å². The molecule has 0 saturated heterocycles. The van der Waals surface area contributed by atoms with Crippen LogP contribution in [-0.2, 0) is 14.3 Å². The summed E-state index contributed by atoms with van der Waals surface area (Å²) in [6, 6.07) is 11.8. The molecule has 4 rings (SSSR count). The molecule has 0 saturated carbocycles. The van der Waals surface area contributed by atoms with Crippen LogP contribution in [0.15, 0.2) is 68.0 Å². The zero-order valence-electron chi connectivity index (χ0n) is 20.3. The van der Waals surface area contributed by atoms with Gasteiger partial charge in [-0.1, -0.05) is 45.5 Å². The van der Waals surface area contributed by atoms with Gasteiger partial charge >= 0.3 is 5.97 Å². The highest BCUT2D eigenvalue weighted by atomic mass is 79.9. The number of esters is 1. The number of rotatable bonds is 8. The van der Waals surface area contributed by atoms with E-state index in [0.717, 1.165) is 10.0 Å². The Morgan fingerprint density at radius 2 is 1.92 bits per heavy atom. The van der Waals surface area contributed by atoms with Gasteiger partial charge in [0.25, 0.3) is 11.5 Å². The number of hydrogen-bond acceptors (Lipinski definition) is 8. The summed E-state index contributed by atoms with van der Waals surface area (Å²) in [4.78, 5) is 42.8. The molecule has 2 N–H and O–H groups in total. The van der Waals surface area contributed by atoms with E-state index in [1.807, 2.05) is 24.3 Å². The Bertz CT molecular complexity index is 1570. The largest absolute Gasteiger partial charge is 0.493 e. The molecule has 1 aliphatic rings. The molecule has 1 aliphatic heterocycles. The van der Waals surface area contributed by atoms with E-state index in [9.17, 15) is 14.4 Å². The highest BCUT2D eigenvalue weighted by molar-refractivity contribution is 9.10. The molecule has 1 atom stereocenters. The number of amides is 1. The number of carbonyl (C=O) groups excluding carboxylic acids is 2. The number of benzene rings is 2. The quantitative estimate of drug-likeness (QED) is 0.405. The molecule has 1 unspecified atom stereocenters. The van der Waals surface area contributed by atoms with Crippen LogP contribution in [0, 0.1) is 0 Å². The van der Waals surface area contributed by atoms with Crippen molar-refractivity contribution in [3.63, 3.8) is 0 Å². The second-order valence-electron chi connectivity index (χ2n) is 8.02. The summed E-state index contributed by atoms with van der Waals surface area (Å²) in [5.74, 6) is -0.381. The Kier molecular flexibility index (Phi) is 7.94. The Morgan fingerprint density at radius 3 is 2.57 bits per heavy atom. The first-order chi connectivity index (χ1) is 17.7. The molecule has 192 valence electrons. The molecule has 1 amide bonds. The number of carbonyl (C=O) groups is 2. The van der Waals surface area contributed by atoms with Crippen molar-refractivity contribution < 1.29 is 23.8 Å². The summed E-state index contributed by atoms with van der Waals surface area (Å²) >= 11 is 4.66. The van der Waals surface area contributed by atoms with Crippen molar-refractivity contribution in [2.75, 3.05) is 20.3 Å². The lowest BCUT2D eigenvalue weighted by molar-refractivity contribution is -0.139. The fourth-order valence-electron chi connectivity index (χ4n) is 3.95. The highest BCUT2D eigenvalue weighted by Gasteiger charge is 2.33. The molecule has 9 nitrogen and oxygen atoms in total. The van der Waals surface area contributed by atoms with Gasteiger partial charge < -0.3 is 19.9 Å². The molecule has 0 radical (unpaired) electrons. The number of nitrogens with two attached hydrogens (primary N) is 1. The number of halogens is 1. The van der Waals surface area contributed by atoms with Gasteiger partial charge in [0.15, 0.2) is 22.9 Å². The van der Waals surface area contributed by atoms with Crippen LogP contribution in [0.25, 0.3) is 6.08 Å². The Labute approximate surface area is 224 Å². The topological polar surface area (TPSA) is 122 Å². The molecule has 1 aromatic heterocycles. The maximum atomic E-state index is 13.7. The van der Waals surface area contributed by atoms with Gasteiger partial charge in [-0.2, -0.15) is 0 Å². The third kappa shape index (κ3) is 5.52. The number of aromatic nitrogens is 1. The molecule has 2 heterocycles. The number of primary amides is 1. The lowest BCUT2D eigenvalue weighted by atomic mass is 9.96. The van der Waals surface area contributed by atoms with Gasteiger partial charge in [0, 0.05) is 4.47 Å². The number of ether oxygens (including phenoxy) is 3. The zero-order chi connectivity index (χ0) is 26.7. The van der Waals surface area contributed by atoms with Crippen LogP contribution < -0.4 is 30.1 Å². The zero-order valence-corrected chi connectivity index (χ0v) is 22.7. The van der Waals surface area contributed by atoms with E-state index in [1.165, 1.54) is 23.0 Å². The van der Waals surface area contributed by atoms with E-state index in [0.29, 0.717) is 37.7 Å². The number of nitrogens with zero attached hydrogens (tertiary/aromatic N) is 2. The van der Waals surface area contributed by atoms with Crippen molar-refractivity contribution in [3.05, 3.63) is 89.0 Å². The number of thiazole rings is 1. The maximum Gasteiger partial charge on any atom is 0.338 e. The van der Waals surface area contributed by atoms with Gasteiger partial charge in [0.05, 0.1) is 35.6 Å². The van der Waals surface area contributed by atoms with Crippen molar-refractivity contribution >= 4 is 45.2 Å². The van der Waals surface area contributed by atoms with E-state index >= 15 is 0 Å². The Hall–Kier alpha value is -3.70. The molecule has 0 bridgehead atoms. The van der Waals surface area contributed by atoms with Crippen molar-refractivity contribution in [1.29, 1.82) is 0 Å². The maximum absolute atomic E-state index is 13.7. The number of hydrogen-bond donors (Lipinski definition) is 1. The average molecular weight is 586 g/mol. The summed E-state index contributed by atoms with van der Waals surface area (Å²) in [6.45, 7) is 3.39. The molecule has 2 aromatic carbocycles. The minimum Gasteiger partial charge on any atom is -0.493 e. The van der Waals surface area contributed by atoms with Gasteiger partial charge in [-0.15, -0.1) is 0 Å². The van der Waals surface area contributed by atoms with Crippen LogP contribution in [0.3, 0.4) is 0 Å². The second kappa shape index (κ2) is 11.1. The lowest BCUT2D eigenvalue weighted by Gasteiger charge is -2.24. The second-order valence-corrected chi connectivity index (χ2v) is 9.94. The van der Waals surface area contributed by atoms with Gasteiger partial charge in [-0.3, -0.25) is 14.2 Å². The van der Waals surface area contributed by atoms with Gasteiger partial charge in [-0.25, -0.2) is 9.79 Å². The molecule has 0 aliphatic carbocycles. The van der Waals surface area contributed by atoms with E-state index < -0.39 is 17.9 Å². The average Bonchev–Trinajstić information content (AvgIpc) is 3.17. The van der Waals surface area contributed by atoms with E-state index in [2.05, 4.69) is 20.9 Å². The Morgan fingerprint density at radius 1 is 1.19 bits per heavy atom. The van der Waals surface area contributed by atoms with E-state index in [1.54, 1.807) is 38.1 Å². The van der Waals surface area contributed by atoms with Crippen LogP contribution in [0.1, 0.15) is 31.0 Å². The molecular formula is C26H24BrN3O6S. The fraction of sp³-hybridized carbons (Fsp3) is 0.231. The number of fused-ring (bicyclic) bond motifs is 1. The third-order valence-electron chi connectivity index (χ3n) is 5.56. The van der Waals surface area contributed by atoms with Crippen molar-refractivity contribution in [1.82, 2.24) is 4.57 Å². The van der Waals surface area contributed by atoms with E-state index in [4.69, 9.17) is 19.9 Å². The SMILES string of the molecule is CCOC(=O)C1=C(C)N=c2s/c(=C/c3ccc(OCC(N)=O)c(OC)c3)c(=O)n2C1c1ccc(Br)cc1. The van der Waals surface area contributed by atoms with Crippen molar-refractivity contribution in [2.24, 2.45) is 10.7 Å². The molecule has 3 aromatic rings. The lowest BCUT2D eigenvalue weighted by Crippen LogP contribution is -2.39. The van der Waals surface area contributed by atoms with Crippen molar-refractivity contribution in [2.45, 2.75) is 19.9 Å². The van der Waals surface area contributed by atoms with Crippen LogP contribution in [-0.4, -0.2) is 36.8 Å². The molecule has 0 fully saturated rings. The number of methoxy groups -OCH3 is 1. The minimum atomic E-state index is -0.690. The van der Waals surface area contributed by atoms with Crippen LogP contribution in [0.2, 0.25) is 0 Å². The van der Waals surface area contributed by atoms with Gasteiger partial charge in [-0.05, 0) is 55.3 Å². The standard InChI is InChI=1S/C26H24BrN3O6S/c1-4-35-25(33)22-14(2)29-26-30(23(22)16-6-8-17(27)9-7-16)24(32)20(37-26)12-15-5-10-18(19(11-15)34-3)36-13-21(28)31/h5-12,23H,4,13H2,1-3H3,(H2,28,31)/b20-12+. The minimum absolute atomic E-state index is 0.202. The normalized spacial score (nSPS) is 15.1. The highest BCUT2D eigenvalue weighted by Crippen LogP contribution is 2.32. The summed E-state index contributed by atoms with van der Waals surface area (Å²) in [6.07, 6.45) is 1.71. The smallest absolute Gasteiger partial charge is 0.338 e. The fourth-order valence-corrected chi connectivity index (χ4v) is 5.26. The monoisotopic (exact) mass is 585 g/mol. The third-order valence-corrected chi connectivity index (χ3v) is 7.07. The summed E-state index contributed by atoms with van der Waals surface area (Å²) in [5, 5.41) is 0. The molecule has 11 heteroatoms. The summed E-state index contributed by atoms with van der Waals surface area (Å²) in [5.41, 5.74) is 7.11. The molecule has 37 heavy (non-hydrogen) atoms. The first kappa shape index (κ1) is 26.4.